The number of piperidine rings is 1. The Hall–Kier alpha value is -1.17. The third-order valence-electron chi connectivity index (χ3n) is 5.03. The van der Waals surface area contributed by atoms with E-state index >= 15 is 0 Å². The quantitative estimate of drug-likeness (QED) is 0.833. The van der Waals surface area contributed by atoms with E-state index < -0.39 is 5.82 Å². The zero-order chi connectivity index (χ0) is 17.1. The molecule has 2 aliphatic heterocycles. The molecular weight excluding hydrogens is 331 g/mol. The number of halogens is 2. The fraction of sp³-hybridized carbons (Fsp3) is 0.611. The van der Waals surface area contributed by atoms with E-state index in [1.807, 2.05) is 4.90 Å². The average molecular weight is 355 g/mol. The van der Waals surface area contributed by atoms with Crippen LogP contribution in [0.1, 0.15) is 29.6 Å². The van der Waals surface area contributed by atoms with Gasteiger partial charge in [0.15, 0.2) is 0 Å². The zero-order valence-electron chi connectivity index (χ0n) is 14.0. The maximum atomic E-state index is 13.6. The third-order valence-corrected chi connectivity index (χ3v) is 5.36. The van der Waals surface area contributed by atoms with Crippen LogP contribution in [0.4, 0.5) is 4.39 Å². The first-order chi connectivity index (χ1) is 11.5. The van der Waals surface area contributed by atoms with Crippen molar-refractivity contribution in [2.24, 2.45) is 5.92 Å². The number of nitrogens with zero attached hydrogens (tertiary/aromatic N) is 2. The zero-order valence-corrected chi connectivity index (χ0v) is 14.8. The molecule has 2 heterocycles. The van der Waals surface area contributed by atoms with Crippen molar-refractivity contribution in [2.45, 2.75) is 25.3 Å². The van der Waals surface area contributed by atoms with Gasteiger partial charge in [-0.15, -0.1) is 0 Å². The first kappa shape index (κ1) is 17.6. The van der Waals surface area contributed by atoms with E-state index in [1.54, 1.807) is 0 Å². The molecular formula is C18H24ClFN2O2. The molecule has 0 aromatic heterocycles. The van der Waals surface area contributed by atoms with Gasteiger partial charge in [-0.1, -0.05) is 11.6 Å². The molecule has 0 aliphatic carbocycles. The maximum Gasteiger partial charge on any atom is 0.255 e. The van der Waals surface area contributed by atoms with Gasteiger partial charge < -0.3 is 14.5 Å². The van der Waals surface area contributed by atoms with E-state index in [-0.39, 0.29) is 17.5 Å². The van der Waals surface area contributed by atoms with Crippen molar-refractivity contribution in [1.29, 1.82) is 0 Å². The van der Waals surface area contributed by atoms with E-state index in [0.29, 0.717) is 24.1 Å². The van der Waals surface area contributed by atoms with Gasteiger partial charge in [0.25, 0.3) is 5.91 Å². The number of hydrogen-bond acceptors (Lipinski definition) is 3. The van der Waals surface area contributed by atoms with Crippen LogP contribution in [-0.2, 0) is 4.74 Å². The van der Waals surface area contributed by atoms with Gasteiger partial charge in [0.1, 0.15) is 5.82 Å². The summed E-state index contributed by atoms with van der Waals surface area (Å²) < 4.78 is 19.1. The lowest BCUT2D eigenvalue weighted by atomic mass is 9.99. The van der Waals surface area contributed by atoms with Gasteiger partial charge in [0, 0.05) is 25.1 Å². The van der Waals surface area contributed by atoms with Gasteiger partial charge in [0.05, 0.1) is 17.2 Å². The highest BCUT2D eigenvalue weighted by Gasteiger charge is 2.31. The molecule has 0 saturated carbocycles. The van der Waals surface area contributed by atoms with Crippen molar-refractivity contribution in [1.82, 2.24) is 9.80 Å². The smallest absolute Gasteiger partial charge is 0.255 e. The second-order valence-electron chi connectivity index (χ2n) is 6.85. The van der Waals surface area contributed by atoms with E-state index in [0.717, 1.165) is 39.0 Å². The van der Waals surface area contributed by atoms with Gasteiger partial charge in [-0.05, 0) is 57.6 Å². The van der Waals surface area contributed by atoms with Gasteiger partial charge in [-0.2, -0.15) is 0 Å². The Morgan fingerprint density at radius 2 is 2.12 bits per heavy atom. The van der Waals surface area contributed by atoms with Crippen LogP contribution >= 0.6 is 11.6 Å². The summed E-state index contributed by atoms with van der Waals surface area (Å²) in [5.74, 6) is -0.253. The molecule has 132 valence electrons. The lowest BCUT2D eigenvalue weighted by Crippen LogP contribution is -2.48. The summed E-state index contributed by atoms with van der Waals surface area (Å²) in [4.78, 5) is 17.3. The fourth-order valence-corrected chi connectivity index (χ4v) is 3.72. The van der Waals surface area contributed by atoms with E-state index in [2.05, 4.69) is 11.9 Å². The van der Waals surface area contributed by atoms with E-state index in [9.17, 15) is 9.18 Å². The highest BCUT2D eigenvalue weighted by Crippen LogP contribution is 2.26. The Labute approximate surface area is 147 Å². The molecule has 1 atom stereocenters. The summed E-state index contributed by atoms with van der Waals surface area (Å²) in [6, 6.07) is 4.16. The largest absolute Gasteiger partial charge is 0.381 e. The van der Waals surface area contributed by atoms with Crippen LogP contribution < -0.4 is 0 Å². The highest BCUT2D eigenvalue weighted by molar-refractivity contribution is 6.33. The highest BCUT2D eigenvalue weighted by atomic mass is 35.5. The number of carbonyl (C=O) groups is 1. The summed E-state index contributed by atoms with van der Waals surface area (Å²) in [6.45, 7) is 4.02. The normalized spacial score (nSPS) is 22.7. The number of ether oxygens (including phenoxy) is 1. The summed E-state index contributed by atoms with van der Waals surface area (Å²) in [5.41, 5.74) is 0.259. The Balaban J connectivity index is 1.82. The van der Waals surface area contributed by atoms with Crippen molar-refractivity contribution in [3.05, 3.63) is 34.6 Å². The van der Waals surface area contributed by atoms with E-state index in [4.69, 9.17) is 16.3 Å². The van der Waals surface area contributed by atoms with Crippen molar-refractivity contribution in [3.63, 3.8) is 0 Å². The first-order valence-corrected chi connectivity index (χ1v) is 8.94. The molecule has 1 amide bonds. The second-order valence-corrected chi connectivity index (χ2v) is 7.25. The first-order valence-electron chi connectivity index (χ1n) is 8.57. The average Bonchev–Trinajstić information content (AvgIpc) is 3.08. The topological polar surface area (TPSA) is 32.8 Å². The molecule has 0 radical (unpaired) electrons. The lowest BCUT2D eigenvalue weighted by Gasteiger charge is -2.38. The predicted molar refractivity (Wildman–Crippen MR) is 91.9 cm³/mol. The van der Waals surface area contributed by atoms with Crippen LogP contribution in [-0.4, -0.2) is 61.6 Å². The van der Waals surface area contributed by atoms with Gasteiger partial charge >= 0.3 is 0 Å². The number of rotatable bonds is 4. The van der Waals surface area contributed by atoms with Crippen molar-refractivity contribution < 1.29 is 13.9 Å². The second kappa shape index (κ2) is 7.81. The Kier molecular flexibility index (Phi) is 5.74. The van der Waals surface area contributed by atoms with Crippen LogP contribution in [0.15, 0.2) is 18.2 Å². The predicted octanol–water partition coefficient (Wildman–Crippen LogP) is 3.05. The van der Waals surface area contributed by atoms with Crippen molar-refractivity contribution >= 4 is 17.5 Å². The number of carbonyl (C=O) groups excluding carboxylic acids is 1. The Morgan fingerprint density at radius 3 is 2.79 bits per heavy atom. The molecule has 0 spiro atoms. The lowest BCUT2D eigenvalue weighted by molar-refractivity contribution is 0.0536. The minimum Gasteiger partial charge on any atom is -0.381 e. The molecule has 4 nitrogen and oxygen atoms in total. The molecule has 2 fully saturated rings. The molecule has 1 aromatic rings. The van der Waals surface area contributed by atoms with Crippen LogP contribution in [0.5, 0.6) is 0 Å². The molecule has 6 heteroatoms. The van der Waals surface area contributed by atoms with Crippen molar-refractivity contribution in [3.8, 4) is 0 Å². The number of benzene rings is 1. The van der Waals surface area contributed by atoms with Crippen LogP contribution in [0, 0.1) is 11.7 Å². The summed E-state index contributed by atoms with van der Waals surface area (Å²) in [6.07, 6.45) is 2.83. The molecule has 0 N–H and O–H groups in total. The molecule has 0 bridgehead atoms. The minimum atomic E-state index is -0.435. The fourth-order valence-electron chi connectivity index (χ4n) is 3.53. The summed E-state index contributed by atoms with van der Waals surface area (Å²) >= 11 is 6.17. The number of hydrogen-bond donors (Lipinski definition) is 0. The Morgan fingerprint density at radius 1 is 1.38 bits per heavy atom. The molecule has 2 aliphatic rings. The summed E-state index contributed by atoms with van der Waals surface area (Å²) in [5, 5.41) is 0.307. The van der Waals surface area contributed by atoms with Crippen LogP contribution in [0.3, 0.4) is 0 Å². The standard InChI is InChI=1S/C18H24ClFN2O2/c1-21-7-4-15(5-8-21)22(11-13-6-9-24-12-13)18(23)16-10-14(20)2-3-17(16)19/h2-3,10,13,15H,4-9,11-12H2,1H3/t13-/m1/s1. The Bertz CT molecular complexity index is 584. The van der Waals surface area contributed by atoms with Crippen LogP contribution in [0.2, 0.25) is 5.02 Å². The summed E-state index contributed by atoms with van der Waals surface area (Å²) in [7, 11) is 2.09. The van der Waals surface area contributed by atoms with Gasteiger partial charge in [0.2, 0.25) is 0 Å². The van der Waals surface area contributed by atoms with Gasteiger partial charge in [-0.25, -0.2) is 4.39 Å². The SMILES string of the molecule is CN1CCC(N(C[C@H]2CCOC2)C(=O)c2cc(F)ccc2Cl)CC1. The minimum absolute atomic E-state index is 0.166. The molecule has 1 aromatic carbocycles. The maximum absolute atomic E-state index is 13.6. The monoisotopic (exact) mass is 354 g/mol. The molecule has 2 saturated heterocycles. The molecule has 0 unspecified atom stereocenters. The molecule has 3 rings (SSSR count). The van der Waals surface area contributed by atoms with Crippen molar-refractivity contribution in [2.75, 3.05) is 39.9 Å². The van der Waals surface area contributed by atoms with E-state index in [1.165, 1.54) is 18.2 Å². The number of likely N-dealkylation sites (tertiary alicyclic amines) is 1. The van der Waals surface area contributed by atoms with Crippen LogP contribution in [0.25, 0.3) is 0 Å². The van der Waals surface area contributed by atoms with Gasteiger partial charge in [-0.3, -0.25) is 4.79 Å². The number of amides is 1. The molecule has 24 heavy (non-hydrogen) atoms. The third kappa shape index (κ3) is 4.08.